The highest BCUT2D eigenvalue weighted by Gasteiger charge is 2.42. The topological polar surface area (TPSA) is 66.8 Å². The quantitative estimate of drug-likeness (QED) is 0.400. The van der Waals surface area contributed by atoms with Crippen molar-refractivity contribution in [2.24, 2.45) is 0 Å². The van der Waals surface area contributed by atoms with E-state index in [2.05, 4.69) is 6.92 Å². The van der Waals surface area contributed by atoms with E-state index in [4.69, 9.17) is 4.74 Å². The first-order valence-corrected chi connectivity index (χ1v) is 13.0. The Labute approximate surface area is 191 Å². The molecule has 0 heterocycles. The summed E-state index contributed by atoms with van der Waals surface area (Å²) in [7, 11) is -1.71. The van der Waals surface area contributed by atoms with Gasteiger partial charge in [-0.3, -0.25) is 0 Å². The van der Waals surface area contributed by atoms with Crippen molar-refractivity contribution in [1.82, 2.24) is 0 Å². The van der Waals surface area contributed by atoms with E-state index in [0.29, 0.717) is 28.3 Å². The number of aliphatic hydroxyl groups is 2. The maximum absolute atomic E-state index is 15.0. The molecule has 3 aromatic rings. The summed E-state index contributed by atoms with van der Waals surface area (Å²) in [6.45, 7) is 2.08. The number of hydrogen-bond donors (Lipinski definition) is 2. The molecule has 0 saturated carbocycles. The maximum Gasteiger partial charge on any atom is 0.149 e. The molecule has 3 rings (SSSR count). The van der Waals surface area contributed by atoms with E-state index in [9.17, 15) is 14.8 Å². The van der Waals surface area contributed by atoms with Gasteiger partial charge in [-0.15, -0.1) is 0 Å². The fraction of sp³-hybridized carbons (Fsp3) is 0.333. The van der Waals surface area contributed by atoms with Gasteiger partial charge in [0.15, 0.2) is 0 Å². The zero-order valence-electron chi connectivity index (χ0n) is 18.8. The van der Waals surface area contributed by atoms with Crippen LogP contribution >= 0.6 is 7.14 Å². The van der Waals surface area contributed by atoms with Gasteiger partial charge in [0, 0.05) is 10.6 Å². The van der Waals surface area contributed by atoms with Gasteiger partial charge in [-0.05, 0) is 30.5 Å². The van der Waals surface area contributed by atoms with Gasteiger partial charge in [0.05, 0.1) is 25.0 Å². The Morgan fingerprint density at radius 3 is 1.84 bits per heavy atom. The van der Waals surface area contributed by atoms with E-state index >= 15 is 0 Å². The van der Waals surface area contributed by atoms with Gasteiger partial charge in [-0.2, -0.15) is 0 Å². The number of ether oxygens (including phenoxy) is 1. The highest BCUT2D eigenvalue weighted by atomic mass is 31.2. The lowest BCUT2D eigenvalue weighted by Crippen LogP contribution is -2.33. The zero-order chi connectivity index (χ0) is 23.0. The number of unbranched alkanes of at least 4 members (excludes halogenated alkanes) is 1. The molecule has 0 fully saturated rings. The Kier molecular flexibility index (Phi) is 8.69. The second-order valence-corrected chi connectivity index (χ2v) is 11.2. The van der Waals surface area contributed by atoms with Gasteiger partial charge in [0.1, 0.15) is 12.9 Å². The third-order valence-electron chi connectivity index (χ3n) is 5.97. The Hall–Kier alpha value is -2.39. The van der Waals surface area contributed by atoms with Crippen molar-refractivity contribution in [2.45, 2.75) is 50.5 Å². The van der Waals surface area contributed by atoms with Crippen LogP contribution in [-0.2, 0) is 4.57 Å². The molecule has 0 spiro atoms. The maximum atomic E-state index is 15.0. The van der Waals surface area contributed by atoms with E-state index < -0.39 is 25.0 Å². The highest BCUT2D eigenvalue weighted by Crippen LogP contribution is 2.55. The average Bonchev–Trinajstić information content (AvgIpc) is 2.86. The van der Waals surface area contributed by atoms with Crippen LogP contribution in [0.25, 0.3) is 0 Å². The molecule has 0 aliphatic carbocycles. The van der Waals surface area contributed by atoms with Gasteiger partial charge >= 0.3 is 0 Å². The summed E-state index contributed by atoms with van der Waals surface area (Å²) >= 11 is 0. The van der Waals surface area contributed by atoms with E-state index in [0.717, 1.165) is 12.8 Å². The molecule has 32 heavy (non-hydrogen) atoms. The lowest BCUT2D eigenvalue weighted by atomic mass is 10.00. The van der Waals surface area contributed by atoms with Gasteiger partial charge in [0.2, 0.25) is 0 Å². The molecule has 4 nitrogen and oxygen atoms in total. The van der Waals surface area contributed by atoms with Crippen LogP contribution in [0.4, 0.5) is 0 Å². The van der Waals surface area contributed by atoms with Gasteiger partial charge in [0.25, 0.3) is 0 Å². The minimum Gasteiger partial charge on any atom is -0.497 e. The van der Waals surface area contributed by atoms with Crippen LogP contribution in [0.3, 0.4) is 0 Å². The van der Waals surface area contributed by atoms with Crippen molar-refractivity contribution in [3.8, 4) is 5.75 Å². The second kappa shape index (κ2) is 11.5. The van der Waals surface area contributed by atoms with E-state index in [-0.39, 0.29) is 6.42 Å². The fourth-order valence-electron chi connectivity index (χ4n) is 4.17. The van der Waals surface area contributed by atoms with Crippen LogP contribution in [0.15, 0.2) is 84.9 Å². The summed E-state index contributed by atoms with van der Waals surface area (Å²) in [6, 6.07) is 25.9. The molecule has 0 radical (unpaired) electrons. The van der Waals surface area contributed by atoms with E-state index in [1.807, 2.05) is 60.7 Å². The molecule has 0 saturated heterocycles. The molecule has 5 heteroatoms. The Balaban J connectivity index is 2.11. The minimum atomic E-state index is -3.30. The molecule has 0 bridgehead atoms. The summed E-state index contributed by atoms with van der Waals surface area (Å²) in [5.74, 6) is 0.690. The Morgan fingerprint density at radius 1 is 0.844 bits per heavy atom. The molecule has 3 aromatic carbocycles. The van der Waals surface area contributed by atoms with Crippen molar-refractivity contribution in [3.05, 3.63) is 90.5 Å². The van der Waals surface area contributed by atoms with Gasteiger partial charge in [-0.25, -0.2) is 0 Å². The summed E-state index contributed by atoms with van der Waals surface area (Å²) in [5, 5.41) is 23.8. The third kappa shape index (κ3) is 5.50. The highest BCUT2D eigenvalue weighted by molar-refractivity contribution is 7.79. The first-order valence-electron chi connectivity index (χ1n) is 11.2. The lowest BCUT2D eigenvalue weighted by Gasteiger charge is -2.34. The molecule has 0 aromatic heterocycles. The molecule has 3 atom stereocenters. The fourth-order valence-corrected chi connectivity index (χ4v) is 7.57. The summed E-state index contributed by atoms with van der Waals surface area (Å²) in [5.41, 5.74) is -0.0156. The number of hydrogen-bond acceptors (Lipinski definition) is 4. The van der Waals surface area contributed by atoms with Crippen LogP contribution in [0, 0.1) is 0 Å². The molecule has 0 amide bonds. The number of rotatable bonds is 11. The van der Waals surface area contributed by atoms with Crippen LogP contribution < -0.4 is 15.3 Å². The standard InChI is InChI=1S/C27H33O4P/c1-3-4-11-22(28)20-26(27(29)21-16-18-23(31-2)19-17-21)32(30,24-12-7-5-8-13-24)25-14-9-6-10-15-25/h5-10,12-19,22,26-29H,3-4,11,20H2,1-2H3/t22-,26+,27+/m1/s1. The average molecular weight is 453 g/mol. The molecule has 0 aliphatic rings. The molecule has 170 valence electrons. The molecule has 0 unspecified atom stereocenters. The molecular formula is C27H33O4P. The van der Waals surface area contributed by atoms with Crippen LogP contribution in [-0.4, -0.2) is 29.1 Å². The van der Waals surface area contributed by atoms with Gasteiger partial charge in [-0.1, -0.05) is 92.6 Å². The second-order valence-electron chi connectivity index (χ2n) is 8.15. The van der Waals surface area contributed by atoms with Crippen molar-refractivity contribution in [1.29, 1.82) is 0 Å². The summed E-state index contributed by atoms with van der Waals surface area (Å²) in [4.78, 5) is 0. The Morgan fingerprint density at radius 2 is 1.38 bits per heavy atom. The van der Waals surface area contributed by atoms with Crippen molar-refractivity contribution in [2.75, 3.05) is 7.11 Å². The van der Waals surface area contributed by atoms with Crippen molar-refractivity contribution < 1.29 is 19.5 Å². The smallest absolute Gasteiger partial charge is 0.149 e. The molecule has 0 aliphatic heterocycles. The molecule has 2 N–H and O–H groups in total. The van der Waals surface area contributed by atoms with Crippen LogP contribution in [0.5, 0.6) is 5.75 Å². The SMILES string of the molecule is CCCC[C@@H](O)C[C@@H]([C@@H](O)c1ccc(OC)cc1)P(=O)(c1ccccc1)c1ccccc1. The summed E-state index contributed by atoms with van der Waals surface area (Å²) in [6.07, 6.45) is 1.06. The zero-order valence-corrected chi connectivity index (χ0v) is 19.7. The van der Waals surface area contributed by atoms with Crippen molar-refractivity contribution >= 4 is 17.8 Å². The largest absolute Gasteiger partial charge is 0.497 e. The lowest BCUT2D eigenvalue weighted by molar-refractivity contribution is 0.110. The predicted octanol–water partition coefficient (Wildman–Crippen LogP) is 5.05. The third-order valence-corrected chi connectivity index (χ3v) is 9.53. The monoisotopic (exact) mass is 452 g/mol. The van der Waals surface area contributed by atoms with E-state index in [1.165, 1.54) is 0 Å². The minimum absolute atomic E-state index is 0.244. The van der Waals surface area contributed by atoms with Gasteiger partial charge < -0.3 is 19.5 Å². The summed E-state index contributed by atoms with van der Waals surface area (Å²) < 4.78 is 20.2. The van der Waals surface area contributed by atoms with Crippen LogP contribution in [0.2, 0.25) is 0 Å². The van der Waals surface area contributed by atoms with Crippen molar-refractivity contribution in [3.63, 3.8) is 0 Å². The Bertz CT molecular complexity index is 946. The number of methoxy groups -OCH3 is 1. The van der Waals surface area contributed by atoms with Crippen LogP contribution in [0.1, 0.15) is 44.3 Å². The number of benzene rings is 3. The molecular weight excluding hydrogens is 419 g/mol. The first-order chi connectivity index (χ1) is 15.5. The first kappa shape index (κ1) is 24.3. The number of aliphatic hydroxyl groups excluding tert-OH is 2. The predicted molar refractivity (Wildman–Crippen MR) is 132 cm³/mol. The normalized spacial score (nSPS) is 14.5. The van der Waals surface area contributed by atoms with E-state index in [1.54, 1.807) is 31.4 Å².